The molecule has 53 heavy (non-hydrogen) atoms. The molecule has 3 saturated heterocycles. The van der Waals surface area contributed by atoms with Gasteiger partial charge in [0.1, 0.15) is 53.7 Å². The quantitative estimate of drug-likeness (QED) is 0.319. The standard InChI is InChI=1S/C36H52F2N6O9/c1-18-12-27-34(50)52-21(4)28(41-30(46)25(40-35(51)53-36(5,6)7)15-22-13-23(37)16-24(38)14-22)33(49)43-11-9-10-26(43)32(48)42(8)20(3)29(45)39-19(2)31(47)44(27)17-18/h13-14,16,18-21,25-29,39,45H,9-12,15,17H2,1-8H3,(H,40,51)(H,41,46)/t18-,19-,20-,21-,25-,26-,27-,28-,29?/m0/s1. The topological polar surface area (TPSA) is 187 Å². The summed E-state index contributed by atoms with van der Waals surface area (Å²) in [5.74, 6) is -5.49. The number of hydrogen-bond donors (Lipinski definition) is 4. The molecule has 1 aromatic rings. The minimum atomic E-state index is -1.61. The Morgan fingerprint density at radius 2 is 1.64 bits per heavy atom. The summed E-state index contributed by atoms with van der Waals surface area (Å²) in [6, 6.07) is -4.35. The highest BCUT2D eigenvalue weighted by atomic mass is 19.1. The molecule has 4 N–H and O–H groups in total. The van der Waals surface area contributed by atoms with E-state index < -0.39 is 108 Å². The number of alkyl carbamates (subject to hydrolysis) is 1. The minimum absolute atomic E-state index is 0.0101. The van der Waals surface area contributed by atoms with Crippen LogP contribution in [0.25, 0.3) is 0 Å². The number of carbonyl (C=O) groups excluding carboxylic acids is 6. The second-order valence-electron chi connectivity index (χ2n) is 15.4. The van der Waals surface area contributed by atoms with Gasteiger partial charge >= 0.3 is 12.1 Å². The van der Waals surface area contributed by atoms with Crippen molar-refractivity contribution in [2.45, 2.75) is 128 Å². The van der Waals surface area contributed by atoms with Crippen LogP contribution in [0, 0.1) is 17.6 Å². The van der Waals surface area contributed by atoms with Crippen LogP contribution in [-0.4, -0.2) is 130 Å². The molecule has 9 atom stereocenters. The third-order valence-electron chi connectivity index (χ3n) is 9.80. The predicted molar refractivity (Wildman–Crippen MR) is 186 cm³/mol. The number of rotatable bonds is 5. The zero-order chi connectivity index (χ0) is 39.5. The average Bonchev–Trinajstić information content (AvgIpc) is 3.70. The van der Waals surface area contributed by atoms with Crippen molar-refractivity contribution in [1.82, 2.24) is 30.7 Å². The number of likely N-dealkylation sites (N-methyl/N-ethyl adjacent to an activating group) is 1. The molecule has 3 aliphatic heterocycles. The number of amides is 5. The Bertz CT molecular complexity index is 1550. The van der Waals surface area contributed by atoms with Crippen LogP contribution in [0.2, 0.25) is 0 Å². The van der Waals surface area contributed by atoms with E-state index in [0.717, 1.165) is 12.1 Å². The van der Waals surface area contributed by atoms with E-state index in [0.29, 0.717) is 12.5 Å². The Morgan fingerprint density at radius 1 is 1.00 bits per heavy atom. The molecule has 3 heterocycles. The normalized spacial score (nSPS) is 29.7. The van der Waals surface area contributed by atoms with Gasteiger partial charge in [0.05, 0.1) is 12.1 Å². The molecule has 17 heteroatoms. The lowest BCUT2D eigenvalue weighted by molar-refractivity contribution is -0.163. The molecule has 1 aromatic carbocycles. The molecule has 0 radical (unpaired) electrons. The fourth-order valence-electron chi connectivity index (χ4n) is 6.93. The van der Waals surface area contributed by atoms with E-state index in [9.17, 15) is 42.7 Å². The van der Waals surface area contributed by atoms with E-state index in [4.69, 9.17) is 9.47 Å². The van der Waals surface area contributed by atoms with Gasteiger partial charge < -0.3 is 39.9 Å². The van der Waals surface area contributed by atoms with E-state index in [2.05, 4.69) is 16.0 Å². The van der Waals surface area contributed by atoms with Crippen molar-refractivity contribution >= 4 is 35.7 Å². The van der Waals surface area contributed by atoms with Crippen molar-refractivity contribution in [2.75, 3.05) is 20.1 Å². The summed E-state index contributed by atoms with van der Waals surface area (Å²) in [6.45, 7) is 11.5. The van der Waals surface area contributed by atoms with Gasteiger partial charge in [-0.1, -0.05) is 6.92 Å². The van der Waals surface area contributed by atoms with Gasteiger partial charge in [-0.3, -0.25) is 24.5 Å². The zero-order valence-electron chi connectivity index (χ0n) is 31.5. The molecule has 5 amide bonds. The molecule has 1 unspecified atom stereocenters. The number of cyclic esters (lactones) is 1. The smallest absolute Gasteiger partial charge is 0.408 e. The average molecular weight is 751 g/mol. The molecule has 0 aromatic heterocycles. The van der Waals surface area contributed by atoms with E-state index in [1.807, 2.05) is 6.92 Å². The summed E-state index contributed by atoms with van der Waals surface area (Å²) in [7, 11) is 1.47. The van der Waals surface area contributed by atoms with Crippen molar-refractivity contribution in [3.8, 4) is 0 Å². The molecular formula is C36H52F2N6O9. The zero-order valence-corrected chi connectivity index (χ0v) is 31.5. The number of nitrogens with zero attached hydrogens (tertiary/aromatic N) is 3. The summed E-state index contributed by atoms with van der Waals surface area (Å²) in [4.78, 5) is 86.5. The van der Waals surface area contributed by atoms with Gasteiger partial charge in [-0.15, -0.1) is 0 Å². The maximum atomic E-state index is 14.4. The van der Waals surface area contributed by atoms with Crippen LogP contribution in [0.3, 0.4) is 0 Å². The van der Waals surface area contributed by atoms with Gasteiger partial charge in [-0.2, -0.15) is 0 Å². The highest BCUT2D eigenvalue weighted by Gasteiger charge is 2.46. The summed E-state index contributed by atoms with van der Waals surface area (Å²) in [5, 5.41) is 18.8. The Labute approximate surface area is 308 Å². The second-order valence-corrected chi connectivity index (χ2v) is 15.4. The Hall–Kier alpha value is -4.38. The number of ether oxygens (including phenoxy) is 2. The lowest BCUT2D eigenvalue weighted by atomic mass is 10.0. The van der Waals surface area contributed by atoms with E-state index >= 15 is 0 Å². The maximum Gasteiger partial charge on any atom is 0.408 e. The van der Waals surface area contributed by atoms with Gasteiger partial charge in [0.2, 0.25) is 23.6 Å². The summed E-state index contributed by atoms with van der Waals surface area (Å²) >= 11 is 0. The minimum Gasteiger partial charge on any atom is -0.458 e. The lowest BCUT2D eigenvalue weighted by Gasteiger charge is -2.37. The number of hydrogen-bond acceptors (Lipinski definition) is 10. The number of aliphatic hydroxyl groups is 1. The van der Waals surface area contributed by atoms with Gasteiger partial charge in [0, 0.05) is 32.6 Å². The van der Waals surface area contributed by atoms with Crippen molar-refractivity contribution in [3.05, 3.63) is 35.4 Å². The van der Waals surface area contributed by atoms with Crippen molar-refractivity contribution in [3.63, 3.8) is 0 Å². The van der Waals surface area contributed by atoms with Gasteiger partial charge in [-0.25, -0.2) is 18.4 Å². The SMILES string of the molecule is C[C@H]1C[C@H]2C(=O)O[C@@H](C)[C@H](NC(=O)[C@H](Cc3cc(F)cc(F)c3)NC(=O)OC(C)(C)C)C(=O)N3CCC[C@H]3C(=O)N(C)[C@@H](C)C(O)N[C@@H](C)C(=O)N2C1. The van der Waals surface area contributed by atoms with Crippen molar-refractivity contribution in [1.29, 1.82) is 0 Å². The van der Waals surface area contributed by atoms with Crippen LogP contribution < -0.4 is 16.0 Å². The predicted octanol–water partition coefficient (Wildman–Crippen LogP) is 1.20. The number of nitrogens with one attached hydrogen (secondary N) is 3. The first kappa shape index (κ1) is 41.4. The highest BCUT2D eigenvalue weighted by molar-refractivity contribution is 5.95. The number of aliphatic hydroxyl groups excluding tert-OH is 1. The van der Waals surface area contributed by atoms with E-state index in [1.165, 1.54) is 28.7 Å². The first-order valence-electron chi connectivity index (χ1n) is 17.9. The lowest BCUT2D eigenvalue weighted by Crippen LogP contribution is -2.62. The first-order valence-corrected chi connectivity index (χ1v) is 17.9. The molecule has 0 spiro atoms. The molecule has 3 fully saturated rings. The third-order valence-corrected chi connectivity index (χ3v) is 9.80. The summed E-state index contributed by atoms with van der Waals surface area (Å²) in [6.07, 6.45) is -3.21. The van der Waals surface area contributed by atoms with Crippen molar-refractivity contribution in [2.24, 2.45) is 5.92 Å². The van der Waals surface area contributed by atoms with Crippen LogP contribution >= 0.6 is 0 Å². The first-order chi connectivity index (χ1) is 24.7. The highest BCUT2D eigenvalue weighted by Crippen LogP contribution is 2.27. The number of benzene rings is 1. The molecule has 3 aliphatic rings. The monoisotopic (exact) mass is 750 g/mol. The number of esters is 1. The van der Waals surface area contributed by atoms with Crippen LogP contribution in [0.15, 0.2) is 18.2 Å². The molecule has 0 saturated carbocycles. The van der Waals surface area contributed by atoms with Gasteiger partial charge in [-0.05, 0) is 84.4 Å². The van der Waals surface area contributed by atoms with E-state index in [-0.39, 0.29) is 37.4 Å². The fourth-order valence-corrected chi connectivity index (χ4v) is 6.93. The summed E-state index contributed by atoms with van der Waals surface area (Å²) in [5.41, 5.74) is -0.965. The third kappa shape index (κ3) is 10.2. The molecule has 0 aliphatic carbocycles. The molecule has 15 nitrogen and oxygen atoms in total. The van der Waals surface area contributed by atoms with Gasteiger partial charge in [0.25, 0.3) is 0 Å². The Kier molecular flexibility index (Phi) is 13.1. The molecule has 4 rings (SSSR count). The molecule has 294 valence electrons. The van der Waals surface area contributed by atoms with Crippen LogP contribution in [-0.2, 0) is 39.9 Å². The van der Waals surface area contributed by atoms with Crippen LogP contribution in [0.5, 0.6) is 0 Å². The van der Waals surface area contributed by atoms with Crippen molar-refractivity contribution < 1.29 is 52.1 Å². The fraction of sp³-hybridized carbons (Fsp3) is 0.667. The van der Waals surface area contributed by atoms with Gasteiger partial charge in [0.15, 0.2) is 0 Å². The largest absolute Gasteiger partial charge is 0.458 e. The Balaban J connectivity index is 1.73. The number of fused-ring (bicyclic) bond motifs is 2. The molecule has 0 bridgehead atoms. The maximum absolute atomic E-state index is 14.4. The summed E-state index contributed by atoms with van der Waals surface area (Å²) < 4.78 is 39.5. The van der Waals surface area contributed by atoms with E-state index in [1.54, 1.807) is 34.6 Å². The number of carbonyl (C=O) groups is 6. The van der Waals surface area contributed by atoms with Crippen LogP contribution in [0.4, 0.5) is 13.6 Å². The molecular weight excluding hydrogens is 698 g/mol. The second kappa shape index (κ2) is 16.7. The van der Waals surface area contributed by atoms with Crippen LogP contribution in [0.1, 0.15) is 73.3 Å². The number of halogens is 2. The Morgan fingerprint density at radius 3 is 2.26 bits per heavy atom.